The van der Waals surface area contributed by atoms with E-state index < -0.39 is 5.82 Å². The van der Waals surface area contributed by atoms with Crippen molar-refractivity contribution >= 4 is 37.8 Å². The molecule has 2 rings (SSSR count). The fourth-order valence-corrected chi connectivity index (χ4v) is 3.70. The van der Waals surface area contributed by atoms with E-state index in [-0.39, 0.29) is 11.9 Å². The molecule has 0 aliphatic heterocycles. The fourth-order valence-electron chi connectivity index (χ4n) is 2.50. The number of amides is 1. The van der Waals surface area contributed by atoms with Crippen LogP contribution in [-0.2, 0) is 0 Å². The number of nitrogens with one attached hydrogen (secondary N) is 1. The molecule has 2 nitrogen and oxygen atoms in total. The summed E-state index contributed by atoms with van der Waals surface area (Å²) in [5, 5.41) is 3.93. The van der Waals surface area contributed by atoms with Crippen molar-refractivity contribution in [2.45, 2.75) is 31.7 Å². The molecule has 1 N–H and O–H groups in total. The summed E-state index contributed by atoms with van der Waals surface area (Å²) >= 11 is 6.79. The Morgan fingerprint density at radius 3 is 2.84 bits per heavy atom. The highest BCUT2D eigenvalue weighted by atomic mass is 79.9. The van der Waals surface area contributed by atoms with Crippen molar-refractivity contribution in [1.82, 2.24) is 5.32 Å². The van der Waals surface area contributed by atoms with Crippen LogP contribution >= 0.6 is 31.9 Å². The molecule has 1 aromatic carbocycles. The second-order valence-corrected chi connectivity index (χ2v) is 6.40. The predicted molar refractivity (Wildman–Crippen MR) is 81.1 cm³/mol. The van der Waals surface area contributed by atoms with Gasteiger partial charge in [-0.25, -0.2) is 4.39 Å². The molecule has 0 aromatic heterocycles. The summed E-state index contributed by atoms with van der Waals surface area (Å²) in [6.45, 7) is 0. The van der Waals surface area contributed by atoms with Gasteiger partial charge in [-0.05, 0) is 52.9 Å². The van der Waals surface area contributed by atoms with Crippen molar-refractivity contribution < 1.29 is 9.18 Å². The van der Waals surface area contributed by atoms with Crippen LogP contribution in [0.4, 0.5) is 4.39 Å². The van der Waals surface area contributed by atoms with Crippen LogP contribution in [0.15, 0.2) is 22.7 Å². The van der Waals surface area contributed by atoms with Crippen LogP contribution in [0, 0.1) is 11.7 Å². The van der Waals surface area contributed by atoms with Gasteiger partial charge in [-0.2, -0.15) is 0 Å². The highest BCUT2D eigenvalue weighted by Gasteiger charge is 2.26. The maximum atomic E-state index is 13.2. The molecule has 0 bridgehead atoms. The summed E-state index contributed by atoms with van der Waals surface area (Å²) < 4.78 is 13.8. The van der Waals surface area contributed by atoms with E-state index in [4.69, 9.17) is 0 Å². The maximum absolute atomic E-state index is 13.2. The van der Waals surface area contributed by atoms with Crippen molar-refractivity contribution in [1.29, 1.82) is 0 Å². The fraction of sp³-hybridized carbons (Fsp3) is 0.500. The summed E-state index contributed by atoms with van der Waals surface area (Å²) in [5.41, 5.74) is 0.360. The molecule has 1 saturated carbocycles. The Balaban J connectivity index is 2.09. The van der Waals surface area contributed by atoms with Gasteiger partial charge in [0, 0.05) is 15.8 Å². The Bertz CT molecular complexity index is 467. The highest BCUT2D eigenvalue weighted by molar-refractivity contribution is 9.10. The van der Waals surface area contributed by atoms with Crippen molar-refractivity contribution in [2.75, 3.05) is 5.33 Å². The second-order valence-electron chi connectivity index (χ2n) is 4.90. The lowest BCUT2D eigenvalue weighted by atomic mass is 9.86. The van der Waals surface area contributed by atoms with E-state index >= 15 is 0 Å². The number of alkyl halides is 1. The maximum Gasteiger partial charge on any atom is 0.252 e. The van der Waals surface area contributed by atoms with E-state index in [9.17, 15) is 9.18 Å². The van der Waals surface area contributed by atoms with Gasteiger partial charge in [0.05, 0.1) is 5.56 Å². The first-order valence-electron chi connectivity index (χ1n) is 6.43. The molecular formula is C14H16Br2FNO. The third-order valence-corrected chi connectivity index (χ3v) is 5.12. The Morgan fingerprint density at radius 1 is 1.37 bits per heavy atom. The molecule has 1 fully saturated rings. The molecule has 0 spiro atoms. The molecule has 1 aliphatic rings. The number of carbonyl (C=O) groups is 1. The number of carbonyl (C=O) groups excluding carboxylic acids is 1. The molecule has 104 valence electrons. The van der Waals surface area contributed by atoms with Gasteiger partial charge in [0.2, 0.25) is 0 Å². The summed E-state index contributed by atoms with van der Waals surface area (Å²) in [6.07, 6.45) is 4.47. The van der Waals surface area contributed by atoms with Gasteiger partial charge in [-0.1, -0.05) is 28.8 Å². The quantitative estimate of drug-likeness (QED) is 0.764. The number of rotatable bonds is 3. The Kier molecular flexibility index (Phi) is 5.39. The first kappa shape index (κ1) is 15.0. The average molecular weight is 393 g/mol. The van der Waals surface area contributed by atoms with E-state index in [0.717, 1.165) is 24.6 Å². The summed E-state index contributed by atoms with van der Waals surface area (Å²) in [6, 6.07) is 4.34. The second kappa shape index (κ2) is 6.84. The third kappa shape index (κ3) is 3.78. The van der Waals surface area contributed by atoms with Gasteiger partial charge in [0.1, 0.15) is 5.82 Å². The van der Waals surface area contributed by atoms with Crippen LogP contribution in [0.3, 0.4) is 0 Å². The lowest BCUT2D eigenvalue weighted by Gasteiger charge is -2.31. The van der Waals surface area contributed by atoms with Gasteiger partial charge in [-0.3, -0.25) is 4.79 Å². The first-order chi connectivity index (χ1) is 9.11. The Labute approximate surface area is 129 Å². The van der Waals surface area contributed by atoms with Crippen LogP contribution in [0.1, 0.15) is 36.0 Å². The molecule has 1 aliphatic carbocycles. The molecule has 0 saturated heterocycles. The summed E-state index contributed by atoms with van der Waals surface area (Å²) in [5.74, 6) is -0.136. The normalized spacial score (nSPS) is 23.1. The van der Waals surface area contributed by atoms with E-state index in [1.807, 2.05) is 0 Å². The van der Waals surface area contributed by atoms with E-state index in [0.29, 0.717) is 16.0 Å². The zero-order valence-corrected chi connectivity index (χ0v) is 13.6. The van der Waals surface area contributed by atoms with Crippen LogP contribution in [0.25, 0.3) is 0 Å². The lowest BCUT2D eigenvalue weighted by Crippen LogP contribution is -2.42. The molecule has 0 heterocycles. The summed E-state index contributed by atoms with van der Waals surface area (Å²) in [4.78, 5) is 12.2. The van der Waals surface area contributed by atoms with Crippen molar-refractivity contribution in [3.8, 4) is 0 Å². The highest BCUT2D eigenvalue weighted by Crippen LogP contribution is 2.27. The first-order valence-corrected chi connectivity index (χ1v) is 8.35. The largest absolute Gasteiger partial charge is 0.349 e. The standard InChI is InChI=1S/C14H16Br2FNO/c15-8-9-3-1-2-4-13(9)18-14(19)11-7-10(17)5-6-12(11)16/h5-7,9,13H,1-4,8H2,(H,18,19). The minimum absolute atomic E-state index is 0.177. The van der Waals surface area contributed by atoms with Gasteiger partial charge < -0.3 is 5.32 Å². The Hall–Kier alpha value is -0.420. The minimum atomic E-state index is -0.394. The Morgan fingerprint density at radius 2 is 2.11 bits per heavy atom. The minimum Gasteiger partial charge on any atom is -0.349 e. The zero-order valence-electron chi connectivity index (χ0n) is 10.5. The van der Waals surface area contributed by atoms with E-state index in [2.05, 4.69) is 37.2 Å². The molecule has 1 aromatic rings. The SMILES string of the molecule is O=C(NC1CCCCC1CBr)c1cc(F)ccc1Br. The van der Waals surface area contributed by atoms with Crippen molar-refractivity contribution in [3.63, 3.8) is 0 Å². The van der Waals surface area contributed by atoms with Crippen LogP contribution in [0.5, 0.6) is 0 Å². The van der Waals surface area contributed by atoms with Crippen LogP contribution in [0.2, 0.25) is 0 Å². The van der Waals surface area contributed by atoms with Gasteiger partial charge in [-0.15, -0.1) is 0 Å². The molecular weight excluding hydrogens is 377 g/mol. The smallest absolute Gasteiger partial charge is 0.252 e. The number of hydrogen-bond donors (Lipinski definition) is 1. The molecule has 5 heteroatoms. The van der Waals surface area contributed by atoms with E-state index in [1.54, 1.807) is 6.07 Å². The zero-order chi connectivity index (χ0) is 13.8. The van der Waals surface area contributed by atoms with Crippen LogP contribution < -0.4 is 5.32 Å². The molecule has 0 radical (unpaired) electrons. The van der Waals surface area contributed by atoms with Crippen molar-refractivity contribution in [3.05, 3.63) is 34.1 Å². The predicted octanol–water partition coefficient (Wildman–Crippen LogP) is 4.27. The molecule has 2 atom stereocenters. The number of benzene rings is 1. The van der Waals surface area contributed by atoms with Gasteiger partial charge in [0.25, 0.3) is 5.91 Å². The van der Waals surface area contributed by atoms with Gasteiger partial charge in [0.15, 0.2) is 0 Å². The molecule has 19 heavy (non-hydrogen) atoms. The lowest BCUT2D eigenvalue weighted by molar-refractivity contribution is 0.0910. The average Bonchev–Trinajstić information content (AvgIpc) is 2.42. The summed E-state index contributed by atoms with van der Waals surface area (Å²) in [7, 11) is 0. The molecule has 1 amide bonds. The third-order valence-electron chi connectivity index (χ3n) is 3.60. The van der Waals surface area contributed by atoms with Gasteiger partial charge >= 0.3 is 0 Å². The molecule has 2 unspecified atom stereocenters. The van der Waals surface area contributed by atoms with Crippen molar-refractivity contribution in [2.24, 2.45) is 5.92 Å². The number of halogens is 3. The topological polar surface area (TPSA) is 29.1 Å². The number of hydrogen-bond acceptors (Lipinski definition) is 1. The van der Waals surface area contributed by atoms with E-state index in [1.165, 1.54) is 18.6 Å². The monoisotopic (exact) mass is 391 g/mol. The van der Waals surface area contributed by atoms with Crippen LogP contribution in [-0.4, -0.2) is 17.3 Å².